The van der Waals surface area contributed by atoms with Crippen LogP contribution in [0.4, 0.5) is 0 Å². The molecule has 1 N–H and O–H groups in total. The molecule has 0 spiro atoms. The minimum absolute atomic E-state index is 0.136. The van der Waals surface area contributed by atoms with E-state index in [0.29, 0.717) is 10.6 Å². The Morgan fingerprint density at radius 3 is 2.67 bits per heavy atom. The smallest absolute Gasteiger partial charge is 0.270 e. The molecule has 6 heteroatoms. The average Bonchev–Trinajstić information content (AvgIpc) is 3.17. The molecule has 0 aliphatic carbocycles. The van der Waals surface area contributed by atoms with Crippen LogP contribution in [0.3, 0.4) is 0 Å². The van der Waals surface area contributed by atoms with Crippen LogP contribution in [0.5, 0.6) is 0 Å². The first kappa shape index (κ1) is 16.4. The van der Waals surface area contributed by atoms with Crippen molar-refractivity contribution in [2.24, 2.45) is 0 Å². The van der Waals surface area contributed by atoms with E-state index in [4.69, 9.17) is 0 Å². The molecule has 0 bridgehead atoms. The molecule has 5 nitrogen and oxygen atoms in total. The monoisotopic (exact) mass is 341 g/mol. The highest BCUT2D eigenvalue weighted by Crippen LogP contribution is 2.15. The molecule has 2 aromatic rings. The van der Waals surface area contributed by atoms with Gasteiger partial charge in [-0.25, -0.2) is 0 Å². The number of piperidine rings is 1. The normalized spacial score (nSPS) is 15.2. The topological polar surface area (TPSA) is 62.3 Å². The van der Waals surface area contributed by atoms with E-state index >= 15 is 0 Å². The van der Waals surface area contributed by atoms with E-state index in [1.54, 1.807) is 35.5 Å². The van der Waals surface area contributed by atoms with Crippen LogP contribution in [-0.4, -0.2) is 34.8 Å². The van der Waals surface area contributed by atoms with E-state index in [1.165, 1.54) is 11.3 Å². The summed E-state index contributed by atoms with van der Waals surface area (Å²) in [4.78, 5) is 31.6. The third kappa shape index (κ3) is 4.08. The maximum atomic E-state index is 12.8. The van der Waals surface area contributed by atoms with Gasteiger partial charge < -0.3 is 10.2 Å². The zero-order chi connectivity index (χ0) is 16.8. The van der Waals surface area contributed by atoms with Crippen molar-refractivity contribution in [1.82, 2.24) is 15.2 Å². The van der Waals surface area contributed by atoms with Crippen molar-refractivity contribution in [2.45, 2.75) is 19.3 Å². The maximum Gasteiger partial charge on any atom is 0.270 e. The maximum absolute atomic E-state index is 12.8. The number of nitrogens with zero attached hydrogens (tertiary/aromatic N) is 2. The molecule has 3 heterocycles. The van der Waals surface area contributed by atoms with E-state index in [2.05, 4.69) is 10.3 Å². The van der Waals surface area contributed by atoms with Crippen molar-refractivity contribution < 1.29 is 9.59 Å². The highest BCUT2D eigenvalue weighted by molar-refractivity contribution is 7.12. The summed E-state index contributed by atoms with van der Waals surface area (Å²) in [5, 5.41) is 4.62. The lowest BCUT2D eigenvalue weighted by Gasteiger charge is -2.27. The molecule has 1 saturated heterocycles. The molecule has 2 amide bonds. The number of thiophene rings is 1. The minimum Gasteiger partial charge on any atom is -0.337 e. The number of aromatic nitrogens is 1. The predicted molar refractivity (Wildman–Crippen MR) is 94.4 cm³/mol. The van der Waals surface area contributed by atoms with Crippen LogP contribution in [-0.2, 0) is 4.79 Å². The van der Waals surface area contributed by atoms with Gasteiger partial charge in [0.05, 0.1) is 4.88 Å². The number of amides is 2. The lowest BCUT2D eigenvalue weighted by molar-refractivity contribution is -0.128. The zero-order valence-corrected chi connectivity index (χ0v) is 14.1. The van der Waals surface area contributed by atoms with Crippen molar-refractivity contribution in [2.75, 3.05) is 13.1 Å². The van der Waals surface area contributed by atoms with E-state index in [0.717, 1.165) is 37.9 Å². The number of carbonyl (C=O) groups excluding carboxylic acids is 2. The molecular weight excluding hydrogens is 322 g/mol. The number of rotatable bonds is 4. The van der Waals surface area contributed by atoms with Gasteiger partial charge in [-0.1, -0.05) is 12.1 Å². The van der Waals surface area contributed by atoms with Gasteiger partial charge in [-0.3, -0.25) is 14.6 Å². The summed E-state index contributed by atoms with van der Waals surface area (Å²) >= 11 is 1.35. The molecule has 1 aliphatic rings. The second kappa shape index (κ2) is 7.88. The van der Waals surface area contributed by atoms with E-state index in [-0.39, 0.29) is 11.8 Å². The summed E-state index contributed by atoms with van der Waals surface area (Å²) in [5.74, 6) is -0.394. The summed E-state index contributed by atoms with van der Waals surface area (Å²) in [6.45, 7) is 1.47. The standard InChI is InChI=1S/C18H19N3O2S/c22-17(16-7-5-11-24-16)20-15(12-14-6-4-8-19-13-14)18(23)21-9-2-1-3-10-21/h4-8,11-13H,1-3,9-10H2,(H,20,22). The Morgan fingerprint density at radius 1 is 1.17 bits per heavy atom. The summed E-state index contributed by atoms with van der Waals surface area (Å²) < 4.78 is 0. The molecule has 1 aliphatic heterocycles. The van der Waals surface area contributed by atoms with Crippen LogP contribution in [0.25, 0.3) is 6.08 Å². The molecule has 1 fully saturated rings. The highest BCUT2D eigenvalue weighted by Gasteiger charge is 2.22. The Labute approximate surface area is 145 Å². The van der Waals surface area contributed by atoms with E-state index < -0.39 is 0 Å². The molecule has 0 aromatic carbocycles. The third-order valence-electron chi connectivity index (χ3n) is 3.86. The number of nitrogens with one attached hydrogen (secondary N) is 1. The van der Waals surface area contributed by atoms with Crippen molar-refractivity contribution in [1.29, 1.82) is 0 Å². The first-order valence-corrected chi connectivity index (χ1v) is 8.88. The second-order valence-corrected chi connectivity index (χ2v) is 6.58. The average molecular weight is 341 g/mol. The summed E-state index contributed by atoms with van der Waals surface area (Å²) in [5.41, 5.74) is 1.08. The van der Waals surface area contributed by atoms with Gasteiger partial charge in [0, 0.05) is 25.5 Å². The molecule has 2 aromatic heterocycles. The Morgan fingerprint density at radius 2 is 2.00 bits per heavy atom. The summed E-state index contributed by atoms with van der Waals surface area (Å²) in [6, 6.07) is 7.22. The number of likely N-dealkylation sites (tertiary alicyclic amines) is 1. The molecule has 0 radical (unpaired) electrons. The first-order chi connectivity index (χ1) is 11.7. The van der Waals surface area contributed by atoms with Crippen molar-refractivity contribution in [3.8, 4) is 0 Å². The van der Waals surface area contributed by atoms with Gasteiger partial charge in [0.1, 0.15) is 5.70 Å². The van der Waals surface area contributed by atoms with Crippen LogP contribution in [0.1, 0.15) is 34.5 Å². The van der Waals surface area contributed by atoms with Gasteiger partial charge in [-0.2, -0.15) is 0 Å². The van der Waals surface area contributed by atoms with Crippen molar-refractivity contribution in [3.05, 3.63) is 58.2 Å². The predicted octanol–water partition coefficient (Wildman–Crippen LogP) is 2.93. The fourth-order valence-electron chi connectivity index (χ4n) is 2.64. The molecular formula is C18H19N3O2S. The molecule has 24 heavy (non-hydrogen) atoms. The SMILES string of the molecule is O=C(NC(=Cc1cccnc1)C(=O)N1CCCCC1)c1cccs1. The van der Waals surface area contributed by atoms with Crippen LogP contribution >= 0.6 is 11.3 Å². The lowest BCUT2D eigenvalue weighted by Crippen LogP contribution is -2.41. The van der Waals surface area contributed by atoms with Crippen LogP contribution in [0.2, 0.25) is 0 Å². The first-order valence-electron chi connectivity index (χ1n) is 8.00. The van der Waals surface area contributed by atoms with Crippen molar-refractivity contribution >= 4 is 29.2 Å². The molecule has 0 saturated carbocycles. The fraction of sp³-hybridized carbons (Fsp3) is 0.278. The van der Waals surface area contributed by atoms with E-state index in [9.17, 15) is 9.59 Å². The Kier molecular flexibility index (Phi) is 5.38. The summed E-state index contributed by atoms with van der Waals surface area (Å²) in [6.07, 6.45) is 8.19. The quantitative estimate of drug-likeness (QED) is 0.870. The number of hydrogen-bond acceptors (Lipinski definition) is 4. The van der Waals surface area contributed by atoms with Gasteiger partial charge in [0.2, 0.25) is 0 Å². The van der Waals surface area contributed by atoms with Crippen LogP contribution < -0.4 is 5.32 Å². The highest BCUT2D eigenvalue weighted by atomic mass is 32.1. The van der Waals surface area contributed by atoms with E-state index in [1.807, 2.05) is 17.5 Å². The van der Waals surface area contributed by atoms with Gasteiger partial charge in [-0.15, -0.1) is 11.3 Å². The van der Waals surface area contributed by atoms with Gasteiger partial charge in [-0.05, 0) is 48.4 Å². The number of hydrogen-bond donors (Lipinski definition) is 1. The lowest BCUT2D eigenvalue weighted by atomic mass is 10.1. The Bertz CT molecular complexity index is 720. The molecule has 124 valence electrons. The van der Waals surface area contributed by atoms with Crippen molar-refractivity contribution in [3.63, 3.8) is 0 Å². The fourth-order valence-corrected chi connectivity index (χ4v) is 3.26. The zero-order valence-electron chi connectivity index (χ0n) is 13.3. The summed E-state index contributed by atoms with van der Waals surface area (Å²) in [7, 11) is 0. The van der Waals surface area contributed by atoms with Crippen LogP contribution in [0, 0.1) is 0 Å². The molecule has 0 atom stereocenters. The Hall–Kier alpha value is -2.47. The Balaban J connectivity index is 1.84. The van der Waals surface area contributed by atoms with Crippen LogP contribution in [0.15, 0.2) is 47.7 Å². The van der Waals surface area contributed by atoms with Gasteiger partial charge >= 0.3 is 0 Å². The second-order valence-electron chi connectivity index (χ2n) is 5.63. The number of carbonyl (C=O) groups is 2. The number of pyridine rings is 1. The minimum atomic E-state index is -0.259. The molecule has 0 unspecified atom stereocenters. The third-order valence-corrected chi connectivity index (χ3v) is 4.73. The van der Waals surface area contributed by atoms with Gasteiger partial charge in [0.25, 0.3) is 11.8 Å². The largest absolute Gasteiger partial charge is 0.337 e. The molecule has 3 rings (SSSR count). The van der Waals surface area contributed by atoms with Gasteiger partial charge in [0.15, 0.2) is 0 Å².